The summed E-state index contributed by atoms with van der Waals surface area (Å²) in [5.74, 6) is -1.84. The molecule has 6 aromatic rings. The van der Waals surface area contributed by atoms with Gasteiger partial charge in [-0.3, -0.25) is 4.79 Å². The Morgan fingerprint density at radius 1 is 0.804 bits per heavy atom. The van der Waals surface area contributed by atoms with Crippen molar-refractivity contribution in [2.45, 2.75) is 13.5 Å². The minimum Gasteiger partial charge on any atom is -0.497 e. The lowest BCUT2D eigenvalue weighted by molar-refractivity contribution is 0.102. The zero-order valence-corrected chi connectivity index (χ0v) is 24.9. The molecule has 0 unspecified atom stereocenters. The van der Waals surface area contributed by atoms with E-state index in [0.717, 1.165) is 17.2 Å². The van der Waals surface area contributed by atoms with Gasteiger partial charge in [0.25, 0.3) is 5.91 Å². The van der Waals surface area contributed by atoms with Crippen LogP contribution in [0, 0.1) is 24.4 Å². The van der Waals surface area contributed by atoms with E-state index < -0.39 is 23.4 Å². The predicted molar refractivity (Wildman–Crippen MR) is 170 cm³/mol. The number of nitrogens with zero attached hydrogens (tertiary/aromatic N) is 3. The number of hydrogen-bond acceptors (Lipinski definition) is 8. The average molecular weight is 625 g/mol. The molecule has 0 aliphatic heterocycles. The quantitative estimate of drug-likeness (QED) is 0.142. The van der Waals surface area contributed by atoms with Crippen molar-refractivity contribution in [3.8, 4) is 11.5 Å². The van der Waals surface area contributed by atoms with Crippen LogP contribution >= 0.6 is 0 Å². The minimum absolute atomic E-state index is 0.194. The third-order valence-corrected chi connectivity index (χ3v) is 7.51. The number of benzene rings is 4. The first kappa shape index (κ1) is 30.1. The predicted octanol–water partition coefficient (Wildman–Crippen LogP) is 7.53. The molecule has 2 aromatic heterocycles. The van der Waals surface area contributed by atoms with Gasteiger partial charge < -0.3 is 25.4 Å². The molecule has 3 N–H and O–H groups in total. The van der Waals surface area contributed by atoms with Crippen LogP contribution in [-0.4, -0.2) is 35.1 Å². The summed E-state index contributed by atoms with van der Waals surface area (Å²) in [6, 6.07) is 17.2. The number of aromatic nitrogens is 3. The Bertz CT molecular complexity index is 2130. The van der Waals surface area contributed by atoms with Gasteiger partial charge in [-0.25, -0.2) is 28.1 Å². The number of amides is 1. The third-order valence-electron chi connectivity index (χ3n) is 7.51. The number of hydrogen-bond donors (Lipinski definition) is 3. The SMILES string of the molecule is COc1ccc(CNc2ncnc3c(C(=O)Nc4c(C)ccc5c(Nc6cc(F)c(F)cc6F)nccc45)cccc23)c(OC)c1. The number of pyridine rings is 1. The maximum Gasteiger partial charge on any atom is 0.257 e. The Hall–Kier alpha value is -5.91. The number of carbonyl (C=O) groups excluding carboxylic acids is 1. The maximum atomic E-state index is 14.4. The molecule has 0 bridgehead atoms. The van der Waals surface area contributed by atoms with E-state index in [9.17, 15) is 18.0 Å². The van der Waals surface area contributed by atoms with Gasteiger partial charge in [0, 0.05) is 52.7 Å². The Morgan fingerprint density at radius 3 is 2.43 bits per heavy atom. The molecule has 0 saturated carbocycles. The molecule has 6 rings (SSSR count). The maximum absolute atomic E-state index is 14.4. The molecule has 0 spiro atoms. The number of nitrogens with one attached hydrogen (secondary N) is 3. The first-order valence-corrected chi connectivity index (χ1v) is 14.1. The number of para-hydroxylation sites is 1. The summed E-state index contributed by atoms with van der Waals surface area (Å²) in [5.41, 5.74) is 2.60. The number of ether oxygens (including phenoxy) is 2. The minimum atomic E-state index is -1.30. The molecule has 0 atom stereocenters. The van der Waals surface area contributed by atoms with E-state index in [1.807, 2.05) is 25.1 Å². The second-order valence-corrected chi connectivity index (χ2v) is 10.3. The Morgan fingerprint density at radius 2 is 1.63 bits per heavy atom. The highest BCUT2D eigenvalue weighted by atomic mass is 19.2. The third kappa shape index (κ3) is 5.80. The number of carbonyl (C=O) groups is 1. The highest BCUT2D eigenvalue weighted by molar-refractivity contribution is 6.16. The molecular formula is C34H27F3N6O3. The summed E-state index contributed by atoms with van der Waals surface area (Å²) >= 11 is 0. The monoisotopic (exact) mass is 624 g/mol. The van der Waals surface area contributed by atoms with Crippen molar-refractivity contribution in [2.75, 3.05) is 30.2 Å². The molecule has 4 aromatic carbocycles. The fourth-order valence-corrected chi connectivity index (χ4v) is 5.14. The largest absolute Gasteiger partial charge is 0.497 e. The summed E-state index contributed by atoms with van der Waals surface area (Å²) in [5, 5.41) is 10.8. The van der Waals surface area contributed by atoms with Crippen LogP contribution < -0.4 is 25.4 Å². The molecule has 0 saturated heterocycles. The molecule has 12 heteroatoms. The molecular weight excluding hydrogens is 597 g/mol. The lowest BCUT2D eigenvalue weighted by atomic mass is 10.0. The zero-order valence-electron chi connectivity index (χ0n) is 24.9. The number of aryl methyl sites for hydroxylation is 1. The summed E-state index contributed by atoms with van der Waals surface area (Å²) in [6.45, 7) is 2.22. The normalized spacial score (nSPS) is 11.0. The number of fused-ring (bicyclic) bond motifs is 2. The molecule has 0 aliphatic carbocycles. The lowest BCUT2D eigenvalue weighted by Gasteiger charge is -2.16. The summed E-state index contributed by atoms with van der Waals surface area (Å²) < 4.78 is 52.5. The van der Waals surface area contributed by atoms with Crippen LogP contribution in [0.25, 0.3) is 21.7 Å². The summed E-state index contributed by atoms with van der Waals surface area (Å²) in [7, 11) is 3.17. The molecule has 2 heterocycles. The number of rotatable bonds is 9. The van der Waals surface area contributed by atoms with E-state index >= 15 is 0 Å². The first-order chi connectivity index (χ1) is 22.3. The van der Waals surface area contributed by atoms with Crippen molar-refractivity contribution in [1.29, 1.82) is 0 Å². The van der Waals surface area contributed by atoms with Crippen molar-refractivity contribution in [2.24, 2.45) is 0 Å². The van der Waals surface area contributed by atoms with Crippen LogP contribution in [0.3, 0.4) is 0 Å². The van der Waals surface area contributed by atoms with E-state index in [-0.39, 0.29) is 11.5 Å². The van der Waals surface area contributed by atoms with Gasteiger partial charge in [-0.2, -0.15) is 0 Å². The number of methoxy groups -OCH3 is 2. The zero-order chi connectivity index (χ0) is 32.4. The molecule has 0 fully saturated rings. The highest BCUT2D eigenvalue weighted by Gasteiger charge is 2.18. The second-order valence-electron chi connectivity index (χ2n) is 10.3. The van der Waals surface area contributed by atoms with Gasteiger partial charge >= 0.3 is 0 Å². The van der Waals surface area contributed by atoms with Crippen molar-refractivity contribution in [3.63, 3.8) is 0 Å². The fraction of sp³-hybridized carbons (Fsp3) is 0.118. The van der Waals surface area contributed by atoms with Gasteiger partial charge in [-0.15, -0.1) is 0 Å². The molecule has 1 amide bonds. The van der Waals surface area contributed by atoms with E-state index in [1.54, 1.807) is 50.6 Å². The van der Waals surface area contributed by atoms with E-state index in [1.165, 1.54) is 12.5 Å². The topological polar surface area (TPSA) is 110 Å². The van der Waals surface area contributed by atoms with Crippen LogP contribution in [-0.2, 0) is 6.54 Å². The second kappa shape index (κ2) is 12.6. The lowest BCUT2D eigenvalue weighted by Crippen LogP contribution is -2.14. The fourth-order valence-electron chi connectivity index (χ4n) is 5.14. The van der Waals surface area contributed by atoms with Gasteiger partial charge in [0.15, 0.2) is 11.6 Å². The first-order valence-electron chi connectivity index (χ1n) is 14.1. The van der Waals surface area contributed by atoms with Gasteiger partial charge in [-0.05, 0) is 42.8 Å². The van der Waals surface area contributed by atoms with Gasteiger partial charge in [0.1, 0.15) is 35.3 Å². The van der Waals surface area contributed by atoms with Crippen LogP contribution in [0.4, 0.5) is 36.2 Å². The standard InChI is InChI=1S/C34H27F3N6O3/c1-18-7-10-22-21(11-12-38-33(22)42-28-15-26(36)25(35)14-27(28)37)30(18)43-34(44)24-6-4-5-23-31(24)40-17-41-32(23)39-16-19-8-9-20(45-2)13-29(19)46-3/h4-15,17H,16H2,1-3H3,(H,38,42)(H,43,44)(H,39,40,41). The van der Waals surface area contributed by atoms with E-state index in [2.05, 4.69) is 30.9 Å². The smallest absolute Gasteiger partial charge is 0.257 e. The molecule has 0 aliphatic rings. The van der Waals surface area contributed by atoms with Crippen LogP contribution in [0.2, 0.25) is 0 Å². The number of halogens is 3. The summed E-state index contributed by atoms with van der Waals surface area (Å²) in [6.07, 6.45) is 2.86. The molecule has 46 heavy (non-hydrogen) atoms. The van der Waals surface area contributed by atoms with Crippen LogP contribution in [0.5, 0.6) is 11.5 Å². The van der Waals surface area contributed by atoms with Crippen molar-refractivity contribution >= 4 is 50.6 Å². The van der Waals surface area contributed by atoms with E-state index in [0.29, 0.717) is 62.9 Å². The molecule has 0 radical (unpaired) electrons. The molecule has 9 nitrogen and oxygen atoms in total. The van der Waals surface area contributed by atoms with Gasteiger partial charge in [-0.1, -0.05) is 18.2 Å². The Kier molecular flexibility index (Phi) is 8.25. The van der Waals surface area contributed by atoms with Crippen molar-refractivity contribution in [1.82, 2.24) is 15.0 Å². The Balaban J connectivity index is 1.30. The average Bonchev–Trinajstić information content (AvgIpc) is 3.07. The van der Waals surface area contributed by atoms with Crippen LogP contribution in [0.15, 0.2) is 79.3 Å². The van der Waals surface area contributed by atoms with Crippen LogP contribution in [0.1, 0.15) is 21.5 Å². The molecule has 232 valence electrons. The Labute approximate surface area is 261 Å². The van der Waals surface area contributed by atoms with Crippen molar-refractivity contribution in [3.05, 3.63) is 113 Å². The number of anilines is 4. The highest BCUT2D eigenvalue weighted by Crippen LogP contribution is 2.34. The van der Waals surface area contributed by atoms with Gasteiger partial charge in [0.2, 0.25) is 0 Å². The summed E-state index contributed by atoms with van der Waals surface area (Å²) in [4.78, 5) is 26.9. The van der Waals surface area contributed by atoms with Gasteiger partial charge in [0.05, 0.1) is 36.7 Å². The van der Waals surface area contributed by atoms with Crippen molar-refractivity contribution < 1.29 is 27.4 Å². The van der Waals surface area contributed by atoms with E-state index in [4.69, 9.17) is 9.47 Å².